The minimum Gasteiger partial charge on any atom is -0.464 e. The highest BCUT2D eigenvalue weighted by molar-refractivity contribution is 6.37. The van der Waals surface area contributed by atoms with Crippen LogP contribution in [0.1, 0.15) is 36.0 Å². The molecule has 1 aliphatic carbocycles. The zero-order chi connectivity index (χ0) is 17.3. The average Bonchev–Trinajstić information content (AvgIpc) is 3.20. The van der Waals surface area contributed by atoms with E-state index in [-0.39, 0.29) is 16.6 Å². The van der Waals surface area contributed by atoms with Gasteiger partial charge in [0, 0.05) is 19.1 Å². The van der Waals surface area contributed by atoms with Gasteiger partial charge in [-0.2, -0.15) is 0 Å². The summed E-state index contributed by atoms with van der Waals surface area (Å²) in [6.07, 6.45) is 2.40. The first-order valence-corrected chi connectivity index (χ1v) is 8.18. The van der Waals surface area contributed by atoms with E-state index in [0.29, 0.717) is 24.5 Å². The molecule has 1 heterocycles. The second kappa shape index (κ2) is 6.72. The molecular formula is C15H18ClFN4O3. The third-order valence-corrected chi connectivity index (χ3v) is 4.44. The molecule has 1 aromatic carbocycles. The van der Waals surface area contributed by atoms with Crippen LogP contribution in [0.25, 0.3) is 0 Å². The Balaban J connectivity index is 1.97. The number of anilines is 2. The monoisotopic (exact) mass is 356 g/mol. The van der Waals surface area contributed by atoms with Crippen LogP contribution in [0.3, 0.4) is 0 Å². The van der Waals surface area contributed by atoms with Crippen LogP contribution in [0.5, 0.6) is 0 Å². The third-order valence-electron chi connectivity index (χ3n) is 4.07. The molecule has 4 N–H and O–H groups in total. The molecule has 3 rings (SSSR count). The number of carboxylic acid groups (broad SMARTS) is 1. The maximum absolute atomic E-state index is 14.6. The molecule has 0 radical (unpaired) electrons. The number of rotatable bonds is 4. The second-order valence-electron chi connectivity index (χ2n) is 5.94. The summed E-state index contributed by atoms with van der Waals surface area (Å²) in [6, 6.07) is 1.29. The van der Waals surface area contributed by atoms with Crippen LogP contribution in [0.4, 0.5) is 20.6 Å². The van der Waals surface area contributed by atoms with E-state index in [1.165, 1.54) is 0 Å². The van der Waals surface area contributed by atoms with Gasteiger partial charge in [0.25, 0.3) is 5.91 Å². The first-order valence-electron chi connectivity index (χ1n) is 7.80. The minimum atomic E-state index is -1.42. The molecule has 0 spiro atoms. The molecule has 0 atom stereocenters. The van der Waals surface area contributed by atoms with Crippen LogP contribution >= 0.6 is 11.6 Å². The van der Waals surface area contributed by atoms with Crippen molar-refractivity contribution in [2.75, 3.05) is 23.3 Å². The van der Waals surface area contributed by atoms with Crippen molar-refractivity contribution in [1.82, 2.24) is 10.9 Å². The summed E-state index contributed by atoms with van der Waals surface area (Å²) < 4.78 is 14.6. The lowest BCUT2D eigenvalue weighted by Gasteiger charge is -2.23. The Hall–Kier alpha value is -2.22. The number of hydrogen-bond donors (Lipinski definition) is 4. The highest BCUT2D eigenvalue weighted by Gasteiger charge is 2.30. The highest BCUT2D eigenvalue weighted by atomic mass is 35.5. The van der Waals surface area contributed by atoms with Gasteiger partial charge in [-0.05, 0) is 31.7 Å². The van der Waals surface area contributed by atoms with E-state index in [4.69, 9.17) is 16.7 Å². The first-order chi connectivity index (χ1) is 11.5. The zero-order valence-corrected chi connectivity index (χ0v) is 13.6. The van der Waals surface area contributed by atoms with Crippen molar-refractivity contribution < 1.29 is 19.1 Å². The largest absolute Gasteiger partial charge is 0.464 e. The molecule has 0 aromatic heterocycles. The van der Waals surface area contributed by atoms with Crippen molar-refractivity contribution in [1.29, 1.82) is 0 Å². The summed E-state index contributed by atoms with van der Waals surface area (Å²) in [4.78, 5) is 24.6. The fourth-order valence-corrected chi connectivity index (χ4v) is 3.14. The molecule has 1 saturated carbocycles. The van der Waals surface area contributed by atoms with Crippen LogP contribution in [0.15, 0.2) is 6.07 Å². The fraction of sp³-hybridized carbons (Fsp3) is 0.467. The van der Waals surface area contributed by atoms with Crippen molar-refractivity contribution in [3.05, 3.63) is 22.5 Å². The number of carbonyl (C=O) groups is 2. The number of hydrogen-bond acceptors (Lipinski definition) is 4. The maximum Gasteiger partial charge on any atom is 0.423 e. The van der Waals surface area contributed by atoms with Gasteiger partial charge in [-0.15, -0.1) is 0 Å². The van der Waals surface area contributed by atoms with Crippen LogP contribution in [0.2, 0.25) is 5.02 Å². The van der Waals surface area contributed by atoms with Crippen molar-refractivity contribution in [2.45, 2.75) is 31.7 Å². The summed E-state index contributed by atoms with van der Waals surface area (Å²) >= 11 is 6.42. The van der Waals surface area contributed by atoms with E-state index >= 15 is 0 Å². The molecule has 0 bridgehead atoms. The molecule has 2 amide bonds. The number of benzene rings is 1. The number of amides is 2. The summed E-state index contributed by atoms with van der Waals surface area (Å²) in [5.74, 6) is -1.36. The van der Waals surface area contributed by atoms with Gasteiger partial charge in [-0.3, -0.25) is 10.2 Å². The van der Waals surface area contributed by atoms with Gasteiger partial charge >= 0.3 is 6.09 Å². The van der Waals surface area contributed by atoms with Gasteiger partial charge in [0.15, 0.2) is 0 Å². The summed E-state index contributed by atoms with van der Waals surface area (Å²) in [5.41, 5.74) is 4.38. The number of carbonyl (C=O) groups excluding carboxylic acids is 1. The first kappa shape index (κ1) is 16.6. The van der Waals surface area contributed by atoms with Gasteiger partial charge in [0.1, 0.15) is 5.82 Å². The normalized spacial score (nSPS) is 16.8. The maximum atomic E-state index is 14.6. The number of halogens is 2. The average molecular weight is 357 g/mol. The zero-order valence-electron chi connectivity index (χ0n) is 12.9. The summed E-state index contributed by atoms with van der Waals surface area (Å²) in [7, 11) is 0. The van der Waals surface area contributed by atoms with Crippen molar-refractivity contribution in [3.63, 3.8) is 0 Å². The van der Waals surface area contributed by atoms with Crippen LogP contribution in [-0.4, -0.2) is 36.2 Å². The Bertz CT molecular complexity index is 675. The SMILES string of the molecule is O=C(O)NNC(=O)c1cc(F)c(N2CCCC2)c(Cl)c1NC1CC1. The Morgan fingerprint density at radius 1 is 1.25 bits per heavy atom. The quantitative estimate of drug-likeness (QED) is 0.622. The highest BCUT2D eigenvalue weighted by Crippen LogP contribution is 2.41. The standard InChI is InChI=1S/C15H18ClFN4O3/c16-11-12(18-8-3-4-8)9(14(22)19-20-15(23)24)7-10(17)13(11)21-5-1-2-6-21/h7-8,18,20H,1-6H2,(H,19,22)(H,23,24). The van der Waals surface area contributed by atoms with E-state index in [2.05, 4.69) is 5.32 Å². The lowest BCUT2D eigenvalue weighted by Crippen LogP contribution is -2.41. The molecule has 130 valence electrons. The lowest BCUT2D eigenvalue weighted by atomic mass is 10.1. The molecule has 24 heavy (non-hydrogen) atoms. The van der Waals surface area contributed by atoms with Crippen molar-refractivity contribution in [3.8, 4) is 0 Å². The molecule has 2 aliphatic rings. The van der Waals surface area contributed by atoms with Crippen LogP contribution in [0, 0.1) is 5.82 Å². The van der Waals surface area contributed by atoms with E-state index in [1.807, 2.05) is 10.3 Å². The van der Waals surface area contributed by atoms with Crippen molar-refractivity contribution >= 4 is 35.0 Å². The van der Waals surface area contributed by atoms with Gasteiger partial charge in [-0.25, -0.2) is 14.6 Å². The third kappa shape index (κ3) is 3.48. The minimum absolute atomic E-state index is 0.0268. The van der Waals surface area contributed by atoms with Crippen LogP contribution < -0.4 is 21.1 Å². The number of nitrogens with zero attached hydrogens (tertiary/aromatic N) is 1. The van der Waals surface area contributed by atoms with E-state index < -0.39 is 17.8 Å². The van der Waals surface area contributed by atoms with E-state index in [0.717, 1.165) is 31.7 Å². The Labute approximate surface area is 143 Å². The van der Waals surface area contributed by atoms with E-state index in [1.54, 1.807) is 5.43 Å². The predicted octanol–water partition coefficient (Wildman–Crippen LogP) is 2.57. The van der Waals surface area contributed by atoms with E-state index in [9.17, 15) is 14.0 Å². The van der Waals surface area contributed by atoms with Gasteiger partial charge in [0.05, 0.1) is 22.0 Å². The smallest absolute Gasteiger partial charge is 0.423 e. The molecule has 9 heteroatoms. The van der Waals surface area contributed by atoms with Gasteiger partial charge in [-0.1, -0.05) is 11.6 Å². The Morgan fingerprint density at radius 2 is 1.92 bits per heavy atom. The molecule has 1 aromatic rings. The Morgan fingerprint density at radius 3 is 2.50 bits per heavy atom. The van der Waals surface area contributed by atoms with Gasteiger partial charge < -0.3 is 15.3 Å². The van der Waals surface area contributed by atoms with Gasteiger partial charge in [0.2, 0.25) is 0 Å². The number of hydrazine groups is 1. The molecule has 0 unspecified atom stereocenters. The fourth-order valence-electron chi connectivity index (χ4n) is 2.77. The van der Waals surface area contributed by atoms with Crippen LogP contribution in [-0.2, 0) is 0 Å². The second-order valence-corrected chi connectivity index (χ2v) is 6.32. The summed E-state index contributed by atoms with van der Waals surface area (Å²) in [5, 5.41) is 11.9. The molecule has 1 saturated heterocycles. The molecule has 7 nitrogen and oxygen atoms in total. The molecule has 1 aliphatic heterocycles. The Kier molecular flexibility index (Phi) is 4.66. The van der Waals surface area contributed by atoms with Crippen molar-refractivity contribution in [2.24, 2.45) is 0 Å². The summed E-state index contributed by atoms with van der Waals surface area (Å²) in [6.45, 7) is 1.43. The molecule has 2 fully saturated rings. The predicted molar refractivity (Wildman–Crippen MR) is 88.1 cm³/mol. The number of nitrogens with one attached hydrogen (secondary N) is 3. The topological polar surface area (TPSA) is 93.7 Å². The molecular weight excluding hydrogens is 339 g/mol. The lowest BCUT2D eigenvalue weighted by molar-refractivity contribution is 0.0927.